The average Bonchev–Trinajstić information content (AvgIpc) is 3.62. The van der Waals surface area contributed by atoms with Crippen LogP contribution in [0.4, 0.5) is 4.79 Å². The van der Waals surface area contributed by atoms with Crippen molar-refractivity contribution in [3.8, 4) is 16.9 Å². The Hall–Kier alpha value is -3.52. The summed E-state index contributed by atoms with van der Waals surface area (Å²) in [5.41, 5.74) is 5.98. The molecule has 0 saturated carbocycles. The molecule has 8 heteroatoms. The molecule has 3 aliphatic rings. The van der Waals surface area contributed by atoms with Gasteiger partial charge in [0.15, 0.2) is 0 Å². The Bertz CT molecular complexity index is 1720. The monoisotopic (exact) mass is 565 g/mol. The number of aromatic amines is 1. The molecule has 0 unspecified atom stereocenters. The lowest BCUT2D eigenvalue weighted by Crippen LogP contribution is -2.36. The van der Waals surface area contributed by atoms with Gasteiger partial charge < -0.3 is 19.1 Å². The van der Waals surface area contributed by atoms with E-state index in [9.17, 15) is 4.79 Å². The topological polar surface area (TPSA) is 76.7 Å². The van der Waals surface area contributed by atoms with Gasteiger partial charge in [0, 0.05) is 22.9 Å². The van der Waals surface area contributed by atoms with E-state index in [-0.39, 0.29) is 30.1 Å². The Morgan fingerprint density at radius 2 is 1.83 bits per heavy atom. The van der Waals surface area contributed by atoms with E-state index in [0.717, 1.165) is 58.1 Å². The fourth-order valence-corrected chi connectivity index (χ4v) is 6.78. The van der Waals surface area contributed by atoms with Crippen LogP contribution in [0.3, 0.4) is 0 Å². The van der Waals surface area contributed by atoms with Gasteiger partial charge in [-0.15, -0.1) is 0 Å². The van der Waals surface area contributed by atoms with Gasteiger partial charge in [0.05, 0.1) is 22.7 Å². The van der Waals surface area contributed by atoms with Crippen molar-refractivity contribution in [2.45, 2.75) is 91.5 Å². The summed E-state index contributed by atoms with van der Waals surface area (Å²) in [7, 11) is 0. The summed E-state index contributed by atoms with van der Waals surface area (Å²) in [4.78, 5) is 23.3. The zero-order chi connectivity index (χ0) is 29.6. The van der Waals surface area contributed by atoms with E-state index in [1.807, 2.05) is 20.8 Å². The molecule has 1 N–H and O–H groups in total. The Morgan fingerprint density at radius 1 is 1.07 bits per heavy atom. The summed E-state index contributed by atoms with van der Waals surface area (Å²) in [5, 5.41) is 2.09. The van der Waals surface area contributed by atoms with Crippen molar-refractivity contribution in [3.05, 3.63) is 53.9 Å². The zero-order valence-electron chi connectivity index (χ0n) is 25.8. The van der Waals surface area contributed by atoms with Crippen LogP contribution in [-0.4, -0.2) is 45.6 Å². The van der Waals surface area contributed by atoms with Crippen molar-refractivity contribution in [3.63, 3.8) is 0 Å². The number of carbonyl (C=O) groups is 1. The first-order chi connectivity index (χ1) is 19.8. The van der Waals surface area contributed by atoms with Gasteiger partial charge >= 0.3 is 13.0 Å². The largest absolute Gasteiger partial charge is 0.488 e. The second-order valence-corrected chi connectivity index (χ2v) is 14.4. The van der Waals surface area contributed by atoms with E-state index in [2.05, 4.69) is 75.1 Å². The Labute approximate surface area is 248 Å². The van der Waals surface area contributed by atoms with Crippen molar-refractivity contribution in [2.75, 3.05) is 6.54 Å². The molecule has 0 bridgehead atoms. The van der Waals surface area contributed by atoms with E-state index < -0.39 is 5.60 Å². The molecule has 1 amide bonds. The first kappa shape index (κ1) is 27.3. The third-order valence-corrected chi connectivity index (χ3v) is 9.74. The third kappa shape index (κ3) is 4.37. The maximum atomic E-state index is 12.9. The number of imidazole rings is 1. The van der Waals surface area contributed by atoms with E-state index >= 15 is 0 Å². The lowest BCUT2D eigenvalue weighted by Gasteiger charge is -2.34. The number of amides is 1. The van der Waals surface area contributed by atoms with Crippen LogP contribution in [0.1, 0.15) is 78.7 Å². The number of aromatic nitrogens is 2. The first-order valence-corrected chi connectivity index (χ1v) is 15.2. The number of fused-ring (bicyclic) bond motifs is 7. The van der Waals surface area contributed by atoms with Gasteiger partial charge in [-0.05, 0) is 94.0 Å². The first-order valence-electron chi connectivity index (χ1n) is 15.2. The van der Waals surface area contributed by atoms with E-state index in [0.29, 0.717) is 13.2 Å². The minimum absolute atomic E-state index is 0.0894. The maximum absolute atomic E-state index is 12.9. The molecule has 3 aromatic carbocycles. The van der Waals surface area contributed by atoms with Gasteiger partial charge in [-0.3, -0.25) is 4.90 Å². The number of carbonyl (C=O) groups excluding carboxylic acids is 1. The highest BCUT2D eigenvalue weighted by atomic mass is 16.6. The van der Waals surface area contributed by atoms with Crippen LogP contribution in [-0.2, 0) is 16.0 Å². The smallest absolute Gasteiger partial charge is 0.410 e. The molecule has 4 aromatic rings. The number of hydrogen-bond acceptors (Lipinski definition) is 5. The highest BCUT2D eigenvalue weighted by molar-refractivity contribution is 6.68. The number of benzene rings is 3. The van der Waals surface area contributed by atoms with Crippen LogP contribution in [0.25, 0.3) is 32.9 Å². The molecule has 0 radical (unpaired) electrons. The molecule has 1 aromatic heterocycles. The van der Waals surface area contributed by atoms with Gasteiger partial charge in [0.2, 0.25) is 0 Å². The van der Waals surface area contributed by atoms with Crippen molar-refractivity contribution in [2.24, 2.45) is 5.41 Å². The van der Waals surface area contributed by atoms with Crippen LogP contribution in [0, 0.1) is 5.41 Å². The second kappa shape index (κ2) is 9.24. The summed E-state index contributed by atoms with van der Waals surface area (Å²) in [6.07, 6.45) is 2.49. The van der Waals surface area contributed by atoms with Crippen LogP contribution < -0.4 is 10.2 Å². The van der Waals surface area contributed by atoms with Gasteiger partial charge in [-0.1, -0.05) is 38.1 Å². The highest BCUT2D eigenvalue weighted by Crippen LogP contribution is 2.47. The lowest BCUT2D eigenvalue weighted by atomic mass is 9.54. The number of likely N-dealkylation sites (tertiary alicyclic amines) is 1. The molecule has 7 nitrogen and oxygen atoms in total. The Morgan fingerprint density at radius 3 is 2.57 bits per heavy atom. The van der Waals surface area contributed by atoms with Gasteiger partial charge in [0.25, 0.3) is 0 Å². The summed E-state index contributed by atoms with van der Waals surface area (Å²) in [5.74, 6) is 1.70. The predicted molar refractivity (Wildman–Crippen MR) is 167 cm³/mol. The molecule has 2 saturated heterocycles. The van der Waals surface area contributed by atoms with Crippen molar-refractivity contribution >= 4 is 40.3 Å². The van der Waals surface area contributed by atoms with Crippen LogP contribution in [0.5, 0.6) is 5.75 Å². The molecular formula is C34H40BN3O4. The fourth-order valence-electron chi connectivity index (χ4n) is 6.78. The van der Waals surface area contributed by atoms with E-state index in [4.69, 9.17) is 19.1 Å². The van der Waals surface area contributed by atoms with E-state index in [1.54, 1.807) is 4.90 Å². The highest BCUT2D eigenvalue weighted by Gasteiger charge is 2.50. The summed E-state index contributed by atoms with van der Waals surface area (Å²) < 4.78 is 18.7. The maximum Gasteiger partial charge on any atom is 0.410 e. The minimum Gasteiger partial charge on any atom is -0.488 e. The normalized spacial score (nSPS) is 21.0. The van der Waals surface area contributed by atoms with Crippen molar-refractivity contribution < 1.29 is 18.9 Å². The van der Waals surface area contributed by atoms with Crippen LogP contribution in [0.15, 0.2) is 42.5 Å². The third-order valence-electron chi connectivity index (χ3n) is 9.74. The minimum atomic E-state index is -0.536. The Kier molecular flexibility index (Phi) is 6.01. The molecule has 42 heavy (non-hydrogen) atoms. The standard InChI is InChI=1S/C34H40BN3O4/c1-32(2,3)41-31(39)38-16-8-9-27(38)30-36-26-15-14-25-23(28(26)37-30)12-13-24-22-11-10-21(17-20(22)18-40-29(24)25)35-19-33(4,5)34(6,7)42-35/h10-15,17,27H,8-9,16,18-19H2,1-7H3,(H,36,37)/t27-/m0/s1. The van der Waals surface area contributed by atoms with E-state index in [1.165, 1.54) is 16.6 Å². The average molecular weight is 566 g/mol. The number of nitrogens with one attached hydrogen (secondary N) is 1. The molecule has 0 spiro atoms. The molecule has 0 aliphatic carbocycles. The molecule has 3 aliphatic heterocycles. The van der Waals surface area contributed by atoms with Crippen LogP contribution in [0.2, 0.25) is 6.32 Å². The SMILES string of the molecule is CC(C)(C)OC(=O)N1CCC[C@H]1c1nc2c(ccc3c4c(ccc32)-c2ccc(B3CC(C)(C)C(C)(C)O3)cc2CO4)[nH]1. The summed E-state index contributed by atoms with van der Waals surface area (Å²) >= 11 is 0. The predicted octanol–water partition coefficient (Wildman–Crippen LogP) is 7.38. The molecule has 1 atom stereocenters. The van der Waals surface area contributed by atoms with Crippen molar-refractivity contribution in [1.82, 2.24) is 14.9 Å². The molecule has 2 fully saturated rings. The molecular weight excluding hydrogens is 525 g/mol. The molecule has 7 rings (SSSR count). The van der Waals surface area contributed by atoms with Crippen LogP contribution >= 0.6 is 0 Å². The number of ether oxygens (including phenoxy) is 2. The molecule has 218 valence electrons. The Balaban J connectivity index is 1.22. The second-order valence-electron chi connectivity index (χ2n) is 14.4. The number of rotatable bonds is 2. The number of H-pyrrole nitrogens is 1. The van der Waals surface area contributed by atoms with Gasteiger partial charge in [0.1, 0.15) is 23.8 Å². The quantitative estimate of drug-likeness (QED) is 0.257. The fraction of sp³-hybridized carbons (Fsp3) is 0.471. The summed E-state index contributed by atoms with van der Waals surface area (Å²) in [6, 6.07) is 15.1. The number of hydrogen-bond donors (Lipinski definition) is 1. The van der Waals surface area contributed by atoms with Gasteiger partial charge in [-0.25, -0.2) is 9.78 Å². The lowest BCUT2D eigenvalue weighted by molar-refractivity contribution is 0.0219. The van der Waals surface area contributed by atoms with Crippen molar-refractivity contribution in [1.29, 1.82) is 0 Å². The zero-order valence-corrected chi connectivity index (χ0v) is 25.8. The molecule has 4 heterocycles. The van der Waals surface area contributed by atoms with Gasteiger partial charge in [-0.2, -0.15) is 0 Å². The number of nitrogens with zero attached hydrogens (tertiary/aromatic N) is 2. The summed E-state index contributed by atoms with van der Waals surface area (Å²) in [6.45, 7) is 15.9.